The van der Waals surface area contributed by atoms with Gasteiger partial charge in [-0.05, 0) is 0 Å². The number of nitrogens with zero attached hydrogens (tertiary/aromatic N) is 1. The predicted molar refractivity (Wildman–Crippen MR) is 124 cm³/mol. The monoisotopic (exact) mass is 408 g/mol. The normalized spacial score (nSPS) is 22.8. The van der Waals surface area contributed by atoms with Crippen molar-refractivity contribution in [2.45, 2.75) is 18.3 Å². The van der Waals surface area contributed by atoms with E-state index in [1.165, 1.54) is 16.7 Å². The first-order valence-corrected chi connectivity index (χ1v) is 10.9. The van der Waals surface area contributed by atoms with E-state index in [2.05, 4.69) is 72.8 Å². The van der Waals surface area contributed by atoms with Crippen molar-refractivity contribution in [1.29, 1.82) is 0 Å². The number of likely N-dealkylation sites (tertiary alicyclic amines) is 1. The minimum absolute atomic E-state index is 0.0789. The molecule has 4 aromatic carbocycles. The van der Waals surface area contributed by atoms with E-state index in [1.807, 2.05) is 48.5 Å². The van der Waals surface area contributed by atoms with Crippen LogP contribution in [-0.2, 0) is 12.2 Å². The van der Waals surface area contributed by atoms with Crippen molar-refractivity contribution in [1.82, 2.24) is 0 Å². The number of halogens is 1. The summed E-state index contributed by atoms with van der Waals surface area (Å²) in [6.45, 7) is 1.72. The highest BCUT2D eigenvalue weighted by molar-refractivity contribution is 5.32. The highest BCUT2D eigenvalue weighted by Crippen LogP contribution is 2.50. The van der Waals surface area contributed by atoms with Gasteiger partial charge in [0, 0.05) is 22.3 Å². The second kappa shape index (κ2) is 8.13. The van der Waals surface area contributed by atoms with Crippen LogP contribution in [-0.4, -0.2) is 17.6 Å². The van der Waals surface area contributed by atoms with Gasteiger partial charge in [-0.1, -0.05) is 121 Å². The third-order valence-corrected chi connectivity index (χ3v) is 6.54. The number of rotatable bonds is 6. The molecule has 0 unspecified atom stereocenters. The fourth-order valence-corrected chi connectivity index (χ4v) is 5.30. The van der Waals surface area contributed by atoms with E-state index in [-0.39, 0.29) is 6.04 Å². The molecule has 0 bridgehead atoms. The van der Waals surface area contributed by atoms with E-state index < -0.39 is 5.67 Å². The van der Waals surface area contributed by atoms with Crippen LogP contribution in [0.2, 0.25) is 0 Å². The van der Waals surface area contributed by atoms with E-state index in [0.717, 1.165) is 12.1 Å². The lowest BCUT2D eigenvalue weighted by molar-refractivity contribution is -1.02. The molecule has 31 heavy (non-hydrogen) atoms. The molecule has 0 atom stereocenters. The first-order valence-electron chi connectivity index (χ1n) is 10.9. The van der Waals surface area contributed by atoms with Crippen LogP contribution in [0.5, 0.6) is 0 Å². The highest BCUT2D eigenvalue weighted by atomic mass is 19.1. The van der Waals surface area contributed by atoms with E-state index in [1.54, 1.807) is 0 Å². The van der Waals surface area contributed by atoms with Crippen LogP contribution in [0.3, 0.4) is 0 Å². The Bertz CT molecular complexity index is 1070. The Hall–Kier alpha value is -3.23. The fourth-order valence-electron chi connectivity index (χ4n) is 5.30. The van der Waals surface area contributed by atoms with Crippen molar-refractivity contribution >= 4 is 0 Å². The number of hydrogen-bond donors (Lipinski definition) is 0. The van der Waals surface area contributed by atoms with Crippen LogP contribution in [0, 0.1) is 0 Å². The van der Waals surface area contributed by atoms with Crippen molar-refractivity contribution in [3.05, 3.63) is 144 Å². The number of benzene rings is 4. The summed E-state index contributed by atoms with van der Waals surface area (Å²) in [6, 6.07) is 41.5. The summed E-state index contributed by atoms with van der Waals surface area (Å²) in [6.07, 6.45) is 0. The zero-order valence-electron chi connectivity index (χ0n) is 17.6. The minimum Gasteiger partial charge on any atom is -0.304 e. The van der Waals surface area contributed by atoms with Crippen molar-refractivity contribution in [2.75, 3.05) is 13.1 Å². The predicted octanol–water partition coefficient (Wildman–Crippen LogP) is 6.67. The molecule has 1 nitrogen and oxygen atoms in total. The first kappa shape index (κ1) is 19.7. The Balaban J connectivity index is 1.61. The number of hydrogen-bond acceptors (Lipinski definition) is 0. The van der Waals surface area contributed by atoms with Crippen LogP contribution in [0.15, 0.2) is 121 Å². The summed E-state index contributed by atoms with van der Waals surface area (Å²) in [7, 11) is 0. The maximum absolute atomic E-state index is 16.2. The summed E-state index contributed by atoms with van der Waals surface area (Å²) in [5.74, 6) is 0. The van der Waals surface area contributed by atoms with Gasteiger partial charge in [-0.15, -0.1) is 0 Å². The first-order chi connectivity index (χ1) is 15.2. The lowest BCUT2D eigenvalue weighted by Crippen LogP contribution is -2.70. The molecule has 154 valence electrons. The Labute approximate surface area is 184 Å². The lowest BCUT2D eigenvalue weighted by Gasteiger charge is -2.57. The fraction of sp³-hybridized carbons (Fsp3) is 0.172. The molecule has 0 amide bonds. The zero-order chi connectivity index (χ0) is 21.2. The van der Waals surface area contributed by atoms with E-state index >= 15 is 4.39 Å². The average molecular weight is 409 g/mol. The summed E-state index contributed by atoms with van der Waals surface area (Å²) >= 11 is 0. The molecule has 0 N–H and O–H groups in total. The van der Waals surface area contributed by atoms with Crippen molar-refractivity contribution in [2.24, 2.45) is 0 Å². The molecular formula is C29H27FN+. The minimum atomic E-state index is -1.31. The maximum Gasteiger partial charge on any atom is 0.232 e. The summed E-state index contributed by atoms with van der Waals surface area (Å²) in [4.78, 5) is 0. The number of alkyl halides is 1. The molecular weight excluding hydrogens is 381 g/mol. The van der Waals surface area contributed by atoms with Crippen molar-refractivity contribution < 1.29 is 8.87 Å². The molecule has 0 spiro atoms. The largest absolute Gasteiger partial charge is 0.304 e. The van der Waals surface area contributed by atoms with Crippen LogP contribution in [0.1, 0.15) is 28.3 Å². The topological polar surface area (TPSA) is 0 Å². The molecule has 1 aliphatic heterocycles. The molecule has 0 aliphatic carbocycles. The molecule has 0 saturated carbocycles. The molecule has 0 aromatic heterocycles. The second-order valence-electron chi connectivity index (χ2n) is 8.73. The molecule has 1 fully saturated rings. The average Bonchev–Trinajstić information content (AvgIpc) is 2.81. The second-order valence-corrected chi connectivity index (χ2v) is 8.73. The molecule has 4 aromatic rings. The van der Waals surface area contributed by atoms with Gasteiger partial charge in [-0.2, -0.15) is 0 Å². The van der Waals surface area contributed by atoms with E-state index in [0.29, 0.717) is 17.6 Å². The van der Waals surface area contributed by atoms with Crippen LogP contribution < -0.4 is 0 Å². The Morgan fingerprint density at radius 1 is 0.613 bits per heavy atom. The third-order valence-electron chi connectivity index (χ3n) is 6.54. The smallest absolute Gasteiger partial charge is 0.232 e. The molecule has 0 radical (unpaired) electrons. The van der Waals surface area contributed by atoms with Gasteiger partial charge in [0.1, 0.15) is 25.7 Å². The zero-order valence-corrected chi connectivity index (χ0v) is 17.6. The van der Waals surface area contributed by atoms with Gasteiger partial charge in [0.15, 0.2) is 0 Å². The maximum atomic E-state index is 16.2. The van der Waals surface area contributed by atoms with Crippen molar-refractivity contribution in [3.8, 4) is 0 Å². The van der Waals surface area contributed by atoms with Crippen molar-refractivity contribution in [3.63, 3.8) is 0 Å². The standard InChI is InChI=1S/C29H27FN/c30-29(27-19-11-4-12-20-27)22-31(23-29,21-24-13-5-1-6-14-24)28(25-15-7-2-8-16-25)26-17-9-3-10-18-26/h1-20,28H,21-23H2/q+1. The van der Waals surface area contributed by atoms with Crippen LogP contribution >= 0.6 is 0 Å². The third kappa shape index (κ3) is 3.80. The quantitative estimate of drug-likeness (QED) is 0.313. The van der Waals surface area contributed by atoms with Crippen LogP contribution in [0.25, 0.3) is 0 Å². The number of quaternary nitrogens is 1. The molecule has 1 heterocycles. The van der Waals surface area contributed by atoms with Crippen LogP contribution in [0.4, 0.5) is 4.39 Å². The van der Waals surface area contributed by atoms with Gasteiger partial charge in [0.25, 0.3) is 0 Å². The summed E-state index contributed by atoms with van der Waals surface area (Å²) in [5, 5.41) is 0. The van der Waals surface area contributed by atoms with E-state index in [9.17, 15) is 0 Å². The van der Waals surface area contributed by atoms with E-state index in [4.69, 9.17) is 0 Å². The molecule has 1 aliphatic rings. The van der Waals surface area contributed by atoms with Gasteiger partial charge in [-0.3, -0.25) is 0 Å². The lowest BCUT2D eigenvalue weighted by atomic mass is 9.79. The van der Waals surface area contributed by atoms with Gasteiger partial charge >= 0.3 is 0 Å². The molecule has 2 heteroatoms. The SMILES string of the molecule is FC1(c2ccccc2)C[N+](Cc2ccccc2)(C(c2ccccc2)c2ccccc2)C1. The van der Waals surface area contributed by atoms with Gasteiger partial charge in [-0.25, -0.2) is 4.39 Å². The Morgan fingerprint density at radius 2 is 1.03 bits per heavy atom. The van der Waals surface area contributed by atoms with Gasteiger partial charge in [0.05, 0.1) is 0 Å². The summed E-state index contributed by atoms with van der Waals surface area (Å²) in [5.41, 5.74) is 3.20. The molecule has 1 saturated heterocycles. The highest BCUT2D eigenvalue weighted by Gasteiger charge is 2.61. The molecule has 5 rings (SSSR count). The summed E-state index contributed by atoms with van der Waals surface area (Å²) < 4.78 is 16.9. The Kier molecular flexibility index (Phi) is 5.17. The Morgan fingerprint density at radius 3 is 1.52 bits per heavy atom. The van der Waals surface area contributed by atoms with Gasteiger partial charge in [0.2, 0.25) is 5.67 Å². The van der Waals surface area contributed by atoms with Gasteiger partial charge < -0.3 is 4.48 Å².